The fourth-order valence-corrected chi connectivity index (χ4v) is 2.83. The number of piperidine rings is 1. The normalized spacial score (nSPS) is 19.5. The van der Waals surface area contributed by atoms with Gasteiger partial charge in [0.05, 0.1) is 10.0 Å². The lowest BCUT2D eigenvalue weighted by Crippen LogP contribution is -2.50. The van der Waals surface area contributed by atoms with Gasteiger partial charge in [0, 0.05) is 30.7 Å². The summed E-state index contributed by atoms with van der Waals surface area (Å²) >= 11 is 12.1. The van der Waals surface area contributed by atoms with Crippen LogP contribution in [0.5, 0.6) is 0 Å². The Hall–Kier alpha value is -1.000. The van der Waals surface area contributed by atoms with Crippen molar-refractivity contribution in [3.05, 3.63) is 22.3 Å². The molecule has 1 N–H and O–H groups in total. The predicted octanol–water partition coefficient (Wildman–Crippen LogP) is 3.52. The van der Waals surface area contributed by atoms with E-state index in [1.54, 1.807) is 12.3 Å². The van der Waals surface area contributed by atoms with Crippen LogP contribution in [0.1, 0.15) is 33.6 Å². The molecule has 6 heteroatoms. The lowest BCUT2D eigenvalue weighted by molar-refractivity contribution is -0.129. The summed E-state index contributed by atoms with van der Waals surface area (Å²) < 4.78 is 0. The number of rotatable bonds is 2. The number of carbonyl (C=O) groups is 1. The van der Waals surface area contributed by atoms with Gasteiger partial charge in [-0.2, -0.15) is 0 Å². The van der Waals surface area contributed by atoms with E-state index in [2.05, 4.69) is 15.2 Å². The van der Waals surface area contributed by atoms with Crippen LogP contribution in [0.25, 0.3) is 0 Å². The zero-order valence-electron chi connectivity index (χ0n) is 12.6. The molecule has 0 aliphatic carbocycles. The van der Waals surface area contributed by atoms with Crippen LogP contribution in [-0.4, -0.2) is 30.0 Å². The molecule has 0 radical (unpaired) electrons. The zero-order valence-corrected chi connectivity index (χ0v) is 14.1. The van der Waals surface area contributed by atoms with Gasteiger partial charge in [-0.1, -0.05) is 44.0 Å². The van der Waals surface area contributed by atoms with E-state index in [0.29, 0.717) is 10.0 Å². The van der Waals surface area contributed by atoms with Gasteiger partial charge in [-0.3, -0.25) is 4.79 Å². The molecule has 1 amide bonds. The van der Waals surface area contributed by atoms with E-state index in [9.17, 15) is 4.79 Å². The topological polar surface area (TPSA) is 45.2 Å². The monoisotopic (exact) mass is 329 g/mol. The maximum Gasteiger partial charge on any atom is 0.225 e. The summed E-state index contributed by atoms with van der Waals surface area (Å²) in [6.45, 7) is 7.36. The van der Waals surface area contributed by atoms with Gasteiger partial charge < -0.3 is 10.2 Å². The SMILES string of the molecule is CC(C)(C)C(=O)NC1CCCN(c2ncc(Cl)cc2Cl)C1. The minimum Gasteiger partial charge on any atom is -0.353 e. The Balaban J connectivity index is 2.05. The highest BCUT2D eigenvalue weighted by molar-refractivity contribution is 6.36. The maximum atomic E-state index is 12.1. The number of aromatic nitrogens is 1. The first kappa shape index (κ1) is 16.4. The first-order chi connectivity index (χ1) is 9.77. The second kappa shape index (κ2) is 6.41. The molecule has 0 bridgehead atoms. The molecule has 2 rings (SSSR count). The Bertz CT molecular complexity index is 528. The largest absolute Gasteiger partial charge is 0.353 e. The molecule has 1 aliphatic rings. The summed E-state index contributed by atoms with van der Waals surface area (Å²) in [6, 6.07) is 1.82. The molecule has 1 saturated heterocycles. The van der Waals surface area contributed by atoms with Gasteiger partial charge >= 0.3 is 0 Å². The standard InChI is InChI=1S/C15H21Cl2N3O/c1-15(2,3)14(21)19-11-5-4-6-20(9-11)13-12(17)7-10(16)8-18-13/h7-8,11H,4-6,9H2,1-3H3,(H,19,21). The second-order valence-electron chi connectivity index (χ2n) is 6.47. The Labute approximate surface area is 135 Å². The van der Waals surface area contributed by atoms with Crippen molar-refractivity contribution in [2.24, 2.45) is 5.41 Å². The van der Waals surface area contributed by atoms with Gasteiger partial charge in [0.25, 0.3) is 0 Å². The third kappa shape index (κ3) is 4.24. The van der Waals surface area contributed by atoms with E-state index in [1.807, 2.05) is 20.8 Å². The van der Waals surface area contributed by atoms with Gasteiger partial charge in [-0.05, 0) is 18.9 Å². The summed E-state index contributed by atoms with van der Waals surface area (Å²) in [5.74, 6) is 0.806. The third-order valence-corrected chi connectivity index (χ3v) is 4.01. The van der Waals surface area contributed by atoms with Gasteiger partial charge in [0.15, 0.2) is 0 Å². The van der Waals surface area contributed by atoms with Crippen LogP contribution in [0.4, 0.5) is 5.82 Å². The molecule has 1 aromatic rings. The minimum atomic E-state index is -0.377. The minimum absolute atomic E-state index is 0.0736. The van der Waals surface area contributed by atoms with Crippen molar-refractivity contribution in [2.75, 3.05) is 18.0 Å². The van der Waals surface area contributed by atoms with Crippen LogP contribution >= 0.6 is 23.2 Å². The molecule has 1 fully saturated rings. The van der Waals surface area contributed by atoms with Crippen molar-refractivity contribution in [3.63, 3.8) is 0 Å². The number of nitrogens with one attached hydrogen (secondary N) is 1. The van der Waals surface area contributed by atoms with Crippen LogP contribution in [0, 0.1) is 5.41 Å². The van der Waals surface area contributed by atoms with Crippen LogP contribution in [0.2, 0.25) is 10.0 Å². The van der Waals surface area contributed by atoms with E-state index in [0.717, 1.165) is 31.7 Å². The lowest BCUT2D eigenvalue weighted by atomic mass is 9.94. The number of carbonyl (C=O) groups excluding carboxylic acids is 1. The van der Waals surface area contributed by atoms with E-state index >= 15 is 0 Å². The molecule has 1 unspecified atom stereocenters. The highest BCUT2D eigenvalue weighted by Gasteiger charge is 2.28. The predicted molar refractivity (Wildman–Crippen MR) is 87.1 cm³/mol. The lowest BCUT2D eigenvalue weighted by Gasteiger charge is -2.35. The number of anilines is 1. The average Bonchev–Trinajstić information content (AvgIpc) is 2.37. The fourth-order valence-electron chi connectivity index (χ4n) is 2.33. The number of hydrogen-bond acceptors (Lipinski definition) is 3. The van der Waals surface area contributed by atoms with Crippen LogP contribution < -0.4 is 10.2 Å². The van der Waals surface area contributed by atoms with Crippen LogP contribution in [0.15, 0.2) is 12.3 Å². The molecular formula is C15H21Cl2N3O. The summed E-state index contributed by atoms with van der Waals surface area (Å²) in [4.78, 5) is 18.5. The highest BCUT2D eigenvalue weighted by Crippen LogP contribution is 2.28. The van der Waals surface area contributed by atoms with Crippen molar-refractivity contribution in [1.29, 1.82) is 0 Å². The van der Waals surface area contributed by atoms with E-state index in [1.165, 1.54) is 0 Å². The van der Waals surface area contributed by atoms with Crippen molar-refractivity contribution in [1.82, 2.24) is 10.3 Å². The molecule has 1 aromatic heterocycles. The van der Waals surface area contributed by atoms with Crippen LogP contribution in [-0.2, 0) is 4.79 Å². The summed E-state index contributed by atoms with van der Waals surface area (Å²) in [5, 5.41) is 4.18. The van der Waals surface area contributed by atoms with Crippen molar-refractivity contribution >= 4 is 34.9 Å². The molecule has 0 aromatic carbocycles. The first-order valence-electron chi connectivity index (χ1n) is 7.14. The molecule has 4 nitrogen and oxygen atoms in total. The highest BCUT2D eigenvalue weighted by atomic mass is 35.5. The Morgan fingerprint density at radius 2 is 2.14 bits per heavy atom. The summed E-state index contributed by atoms with van der Waals surface area (Å²) in [7, 11) is 0. The molecular weight excluding hydrogens is 309 g/mol. The van der Waals surface area contributed by atoms with Crippen LogP contribution in [0.3, 0.4) is 0 Å². The van der Waals surface area contributed by atoms with E-state index in [-0.39, 0.29) is 17.4 Å². The fraction of sp³-hybridized carbons (Fsp3) is 0.600. The zero-order chi connectivity index (χ0) is 15.6. The van der Waals surface area contributed by atoms with E-state index < -0.39 is 0 Å². The Morgan fingerprint density at radius 3 is 2.76 bits per heavy atom. The molecule has 0 spiro atoms. The van der Waals surface area contributed by atoms with Gasteiger partial charge in [0.2, 0.25) is 5.91 Å². The molecule has 21 heavy (non-hydrogen) atoms. The molecule has 116 valence electrons. The molecule has 1 atom stereocenters. The average molecular weight is 330 g/mol. The smallest absolute Gasteiger partial charge is 0.225 e. The third-order valence-electron chi connectivity index (χ3n) is 3.53. The molecule has 2 heterocycles. The van der Waals surface area contributed by atoms with Crippen molar-refractivity contribution in [3.8, 4) is 0 Å². The molecule has 1 aliphatic heterocycles. The first-order valence-corrected chi connectivity index (χ1v) is 7.90. The van der Waals surface area contributed by atoms with Gasteiger partial charge in [0.1, 0.15) is 5.82 Å². The quantitative estimate of drug-likeness (QED) is 0.902. The number of halogens is 2. The Morgan fingerprint density at radius 1 is 1.43 bits per heavy atom. The van der Waals surface area contributed by atoms with Gasteiger partial charge in [-0.15, -0.1) is 0 Å². The molecule has 0 saturated carbocycles. The van der Waals surface area contributed by atoms with Crippen molar-refractivity contribution < 1.29 is 4.79 Å². The summed E-state index contributed by atoms with van der Waals surface area (Å²) in [5.41, 5.74) is -0.377. The van der Waals surface area contributed by atoms with E-state index in [4.69, 9.17) is 23.2 Å². The number of hydrogen-bond donors (Lipinski definition) is 1. The Kier molecular flexibility index (Phi) is 4.99. The van der Waals surface area contributed by atoms with Crippen molar-refractivity contribution in [2.45, 2.75) is 39.7 Å². The number of pyridine rings is 1. The number of nitrogens with zero attached hydrogens (tertiary/aromatic N) is 2. The summed E-state index contributed by atoms with van der Waals surface area (Å²) in [6.07, 6.45) is 3.57. The van der Waals surface area contributed by atoms with Gasteiger partial charge in [-0.25, -0.2) is 4.98 Å². The maximum absolute atomic E-state index is 12.1. The number of amides is 1. The second-order valence-corrected chi connectivity index (χ2v) is 7.31.